The van der Waals surface area contributed by atoms with Crippen molar-refractivity contribution in [2.45, 2.75) is 78.5 Å². The van der Waals surface area contributed by atoms with Crippen LogP contribution in [0.1, 0.15) is 64.0 Å². The molecule has 2 heterocycles. The van der Waals surface area contributed by atoms with Crippen LogP contribution in [0.25, 0.3) is 11.1 Å². The van der Waals surface area contributed by atoms with Crippen LogP contribution in [0, 0.1) is 41.4 Å². The van der Waals surface area contributed by atoms with Crippen molar-refractivity contribution in [2.75, 3.05) is 6.61 Å². The minimum Gasteiger partial charge on any atom is -0.450 e. The highest BCUT2D eigenvalue weighted by atomic mass is 16.7. The van der Waals surface area contributed by atoms with E-state index in [1.807, 2.05) is 64.1 Å². The van der Waals surface area contributed by atoms with Gasteiger partial charge in [-0.05, 0) is 79.6 Å². The summed E-state index contributed by atoms with van der Waals surface area (Å²) in [6.45, 7) is 14.2. The Morgan fingerprint density at radius 1 is 1.14 bits per heavy atom. The zero-order valence-electron chi connectivity index (χ0n) is 26.3. The van der Waals surface area contributed by atoms with E-state index in [-0.39, 0.29) is 41.3 Å². The fourth-order valence-corrected chi connectivity index (χ4v) is 9.21. The van der Waals surface area contributed by atoms with Gasteiger partial charge >= 0.3 is 5.97 Å². The molecule has 8 atom stereocenters. The number of ketones is 1. The number of allylic oxidation sites excluding steroid dienone is 1. The van der Waals surface area contributed by atoms with Crippen molar-refractivity contribution in [3.05, 3.63) is 65.0 Å². The number of aromatic nitrogens is 2. The first-order valence-electron chi connectivity index (χ1n) is 15.4. The number of nitrogens with zero attached hydrogens (tertiary/aromatic N) is 2. The molecule has 4 aliphatic carbocycles. The Kier molecular flexibility index (Phi) is 6.00. The molecule has 43 heavy (non-hydrogen) atoms. The average molecular weight is 587 g/mol. The maximum atomic E-state index is 14.9. The van der Waals surface area contributed by atoms with Crippen LogP contribution < -0.4 is 0 Å². The van der Waals surface area contributed by atoms with Crippen molar-refractivity contribution in [1.29, 1.82) is 0 Å². The summed E-state index contributed by atoms with van der Waals surface area (Å²) in [4.78, 5) is 29.1. The summed E-state index contributed by atoms with van der Waals surface area (Å²) in [5.74, 6) is -1.69. The number of aryl methyl sites for hydroxylation is 2. The predicted octanol–water partition coefficient (Wildman–Crippen LogP) is 5.19. The van der Waals surface area contributed by atoms with Crippen molar-refractivity contribution in [3.8, 4) is 11.1 Å². The molecule has 1 aliphatic heterocycles. The third-order valence-corrected chi connectivity index (χ3v) is 11.5. The number of benzene rings is 1. The lowest BCUT2D eigenvalue weighted by molar-refractivity contribution is -0.302. The molecule has 0 unspecified atom stereocenters. The Morgan fingerprint density at radius 3 is 2.58 bits per heavy atom. The predicted molar refractivity (Wildman–Crippen MR) is 160 cm³/mol. The van der Waals surface area contributed by atoms with Gasteiger partial charge in [0.25, 0.3) is 0 Å². The molecule has 1 aromatic carbocycles. The largest absolute Gasteiger partial charge is 0.450 e. The summed E-state index contributed by atoms with van der Waals surface area (Å²) in [6.07, 6.45) is 4.37. The molecule has 2 saturated carbocycles. The van der Waals surface area contributed by atoms with Crippen LogP contribution in [0.5, 0.6) is 0 Å². The van der Waals surface area contributed by atoms with Crippen LogP contribution in [-0.4, -0.2) is 56.8 Å². The Hall–Kier alpha value is -3.07. The maximum Gasteiger partial charge on any atom is 0.357 e. The lowest BCUT2D eigenvalue weighted by Crippen LogP contribution is -2.68. The van der Waals surface area contributed by atoms with Crippen LogP contribution in [-0.2, 0) is 26.1 Å². The third kappa shape index (κ3) is 3.69. The number of esters is 1. The van der Waals surface area contributed by atoms with Gasteiger partial charge in [-0.15, -0.1) is 0 Å². The van der Waals surface area contributed by atoms with E-state index in [1.165, 1.54) is 4.68 Å². The summed E-state index contributed by atoms with van der Waals surface area (Å²) in [6, 6.07) is 7.81. The van der Waals surface area contributed by atoms with E-state index in [4.69, 9.17) is 14.2 Å². The van der Waals surface area contributed by atoms with E-state index in [0.29, 0.717) is 17.1 Å². The quantitative estimate of drug-likeness (QED) is 0.391. The van der Waals surface area contributed by atoms with Gasteiger partial charge in [0.1, 0.15) is 6.10 Å². The first kappa shape index (κ1) is 28.7. The maximum absolute atomic E-state index is 14.9. The summed E-state index contributed by atoms with van der Waals surface area (Å²) in [7, 11) is 1.71. The lowest BCUT2D eigenvalue weighted by Gasteiger charge is -2.52. The van der Waals surface area contributed by atoms with Crippen molar-refractivity contribution in [3.63, 3.8) is 0 Å². The number of ether oxygens (including phenoxy) is 3. The second kappa shape index (κ2) is 8.99. The van der Waals surface area contributed by atoms with Crippen molar-refractivity contribution in [1.82, 2.24) is 9.78 Å². The number of Topliss-reactive ketones (excluding diaryl/α,β-unsaturated/α-hetero) is 1. The van der Waals surface area contributed by atoms with Gasteiger partial charge in [-0.2, -0.15) is 5.10 Å². The van der Waals surface area contributed by atoms with Gasteiger partial charge in [0, 0.05) is 18.5 Å². The highest BCUT2D eigenvalue weighted by Gasteiger charge is 2.77. The van der Waals surface area contributed by atoms with Gasteiger partial charge in [0.05, 0.1) is 18.2 Å². The number of hydrogen-bond acceptors (Lipinski definition) is 7. The van der Waals surface area contributed by atoms with E-state index in [9.17, 15) is 14.7 Å². The Bertz CT molecular complexity index is 1620. The Labute approximate surface area is 253 Å². The molecule has 8 nitrogen and oxygen atoms in total. The number of aliphatic hydroxyl groups is 1. The lowest BCUT2D eigenvalue weighted by atomic mass is 9.59. The van der Waals surface area contributed by atoms with Crippen molar-refractivity contribution >= 4 is 11.8 Å². The molecule has 1 saturated heterocycles. The molecule has 0 radical (unpaired) electrons. The molecular weight excluding hydrogens is 544 g/mol. The van der Waals surface area contributed by atoms with Gasteiger partial charge in [0.15, 0.2) is 29.0 Å². The summed E-state index contributed by atoms with van der Waals surface area (Å²) in [5, 5.41) is 17.7. The molecule has 8 heteroatoms. The summed E-state index contributed by atoms with van der Waals surface area (Å²) in [5.41, 5.74) is 1.06. The fourth-order valence-electron chi connectivity index (χ4n) is 9.21. The molecule has 5 aliphatic rings. The molecule has 2 aromatic rings. The normalized spacial score (nSPS) is 38.5. The minimum absolute atomic E-state index is 0.0112. The number of rotatable bonds is 3. The first-order chi connectivity index (χ1) is 20.1. The number of hydrogen-bond donors (Lipinski definition) is 1. The van der Waals surface area contributed by atoms with Crippen LogP contribution in [0.2, 0.25) is 0 Å². The molecule has 7 rings (SSSR count). The number of carbonyl (C=O) groups excluding carboxylic acids is 2. The van der Waals surface area contributed by atoms with Gasteiger partial charge in [0.2, 0.25) is 0 Å². The standard InChI is InChI=1S/C35H42N2O6/c1-18-11-9-10-12-22(18)24-16-36-37(8)27(24)31(39)42-29-19(2)15-34-20(3)13-25-26(32(25,4)5)23(28(34)38)14-21-17-41-33(6,7)43-30(21)35(29,34)40/h9-12,14-16,20,23,25-26,29-30,40H,13,17H2,1-8H3/t20-,23+,25-,26+,29+,30-,34+,35-/m1/s1. The first-order valence-corrected chi connectivity index (χ1v) is 15.4. The van der Waals surface area contributed by atoms with Crippen molar-refractivity contribution in [2.24, 2.45) is 41.5 Å². The van der Waals surface area contributed by atoms with Crippen LogP contribution in [0.3, 0.4) is 0 Å². The summed E-state index contributed by atoms with van der Waals surface area (Å²) < 4.78 is 20.5. The van der Waals surface area contributed by atoms with Gasteiger partial charge in [-0.1, -0.05) is 57.2 Å². The second-order valence-corrected chi connectivity index (χ2v) is 14.6. The van der Waals surface area contributed by atoms with Crippen molar-refractivity contribution < 1.29 is 28.9 Å². The van der Waals surface area contributed by atoms with Crippen LogP contribution in [0.4, 0.5) is 0 Å². The molecule has 228 valence electrons. The molecule has 3 fully saturated rings. The van der Waals surface area contributed by atoms with Crippen LogP contribution >= 0.6 is 0 Å². The average Bonchev–Trinajstić information content (AvgIpc) is 3.19. The zero-order chi connectivity index (χ0) is 30.9. The second-order valence-electron chi connectivity index (χ2n) is 14.6. The Morgan fingerprint density at radius 2 is 1.86 bits per heavy atom. The van der Waals surface area contributed by atoms with E-state index in [2.05, 4.69) is 25.9 Å². The third-order valence-electron chi connectivity index (χ3n) is 11.5. The number of carbonyl (C=O) groups is 2. The topological polar surface area (TPSA) is 99.9 Å². The van der Waals surface area contributed by atoms with E-state index in [0.717, 1.165) is 23.1 Å². The van der Waals surface area contributed by atoms with Gasteiger partial charge < -0.3 is 19.3 Å². The smallest absolute Gasteiger partial charge is 0.357 e. The van der Waals surface area contributed by atoms with Gasteiger partial charge in [-0.3, -0.25) is 9.48 Å². The fraction of sp³-hybridized carbons (Fsp3) is 0.571. The molecular formula is C35H42N2O6. The number of fused-ring (bicyclic) bond motifs is 5. The van der Waals surface area contributed by atoms with E-state index < -0.39 is 35.0 Å². The van der Waals surface area contributed by atoms with Gasteiger partial charge in [-0.25, -0.2) is 4.79 Å². The minimum atomic E-state index is -1.87. The molecule has 1 aromatic heterocycles. The Balaban J connectivity index is 1.36. The highest BCUT2D eigenvalue weighted by Crippen LogP contribution is 2.72. The molecule has 2 bridgehead atoms. The molecule has 1 N–H and O–H groups in total. The monoisotopic (exact) mass is 586 g/mol. The zero-order valence-corrected chi connectivity index (χ0v) is 26.3. The SMILES string of the molecule is CC1=C[C@]23C(=O)[C@@H](C=C4COC(C)(C)O[C@H]4[C@]2(O)[C@H]1OC(=O)c1c(-c2ccccc2C)cnn1C)[C@H]1[C@@H](C[C@H]3C)C1(C)C. The van der Waals surface area contributed by atoms with Crippen LogP contribution in [0.15, 0.2) is 53.8 Å². The van der Waals surface area contributed by atoms with E-state index >= 15 is 0 Å². The van der Waals surface area contributed by atoms with E-state index in [1.54, 1.807) is 13.2 Å². The molecule has 1 spiro atoms. The molecule has 0 amide bonds. The highest BCUT2D eigenvalue weighted by molar-refractivity contribution is 5.98. The summed E-state index contributed by atoms with van der Waals surface area (Å²) >= 11 is 0.